The molecule has 0 amide bonds. The molecule has 1 heterocycles. The fourth-order valence-electron chi connectivity index (χ4n) is 7.97. The lowest BCUT2D eigenvalue weighted by atomic mass is 9.79. The van der Waals surface area contributed by atoms with Gasteiger partial charge in [-0.2, -0.15) is 0 Å². The van der Waals surface area contributed by atoms with Crippen molar-refractivity contribution in [2.45, 2.75) is 250 Å². The minimum atomic E-state index is -1.07. The summed E-state index contributed by atoms with van der Waals surface area (Å²) in [6.07, 6.45) is 44.6. The van der Waals surface area contributed by atoms with Crippen LogP contribution in [0.3, 0.4) is 0 Å². The second-order valence-electron chi connectivity index (χ2n) is 15.8. The molecule has 0 spiro atoms. The number of ether oxygens (including phenoxy) is 3. The van der Waals surface area contributed by atoms with Crippen molar-refractivity contribution in [1.29, 1.82) is 0 Å². The van der Waals surface area contributed by atoms with Crippen LogP contribution in [-0.2, 0) is 23.8 Å². The van der Waals surface area contributed by atoms with E-state index in [0.29, 0.717) is 19.6 Å². The molecule has 0 aromatic rings. The third-order valence-corrected chi connectivity index (χ3v) is 11.3. The second kappa shape index (κ2) is 30.5. The van der Waals surface area contributed by atoms with E-state index in [9.17, 15) is 9.59 Å². The van der Waals surface area contributed by atoms with Gasteiger partial charge in [-0.1, -0.05) is 206 Å². The highest BCUT2D eigenvalue weighted by atomic mass is 16.7. The number of hydrogen-bond acceptors (Lipinski definition) is 5. The van der Waals surface area contributed by atoms with Crippen molar-refractivity contribution in [1.82, 2.24) is 0 Å². The van der Waals surface area contributed by atoms with Crippen molar-refractivity contribution in [3.05, 3.63) is 0 Å². The van der Waals surface area contributed by atoms with Crippen molar-refractivity contribution in [3.63, 3.8) is 0 Å². The molecule has 3 atom stereocenters. The zero-order valence-electron chi connectivity index (χ0n) is 32.9. The highest BCUT2D eigenvalue weighted by molar-refractivity contribution is 5.91. The predicted octanol–water partition coefficient (Wildman–Crippen LogP) is 13.5. The quantitative estimate of drug-likeness (QED) is 0.0372. The van der Waals surface area contributed by atoms with E-state index < -0.39 is 11.5 Å². The molecule has 2 aliphatic rings. The van der Waals surface area contributed by atoms with Crippen LogP contribution in [0.25, 0.3) is 0 Å². The van der Waals surface area contributed by atoms with Gasteiger partial charge in [-0.25, -0.2) is 4.79 Å². The molecule has 0 radical (unpaired) electrons. The Labute approximate surface area is 304 Å². The van der Waals surface area contributed by atoms with E-state index in [1.54, 1.807) is 0 Å². The number of fused-ring (bicyclic) bond motifs is 1. The van der Waals surface area contributed by atoms with Gasteiger partial charge in [0, 0.05) is 0 Å². The van der Waals surface area contributed by atoms with E-state index in [2.05, 4.69) is 13.8 Å². The summed E-state index contributed by atoms with van der Waals surface area (Å²) in [4.78, 5) is 26.1. The summed E-state index contributed by atoms with van der Waals surface area (Å²) < 4.78 is 17.3. The van der Waals surface area contributed by atoms with Crippen LogP contribution in [0.15, 0.2) is 0 Å². The fraction of sp³-hybridized carbons (Fsp3) is 0.955. The minimum Gasteiger partial charge on any atom is -0.465 e. The molecule has 0 aromatic carbocycles. The Morgan fingerprint density at radius 2 is 0.796 bits per heavy atom. The first-order valence-corrected chi connectivity index (χ1v) is 22.2. The molecule has 1 saturated carbocycles. The molecule has 1 aliphatic carbocycles. The second-order valence-corrected chi connectivity index (χ2v) is 15.8. The normalized spacial score (nSPS) is 19.9. The van der Waals surface area contributed by atoms with Crippen molar-refractivity contribution in [2.24, 2.45) is 5.92 Å². The van der Waals surface area contributed by atoms with Gasteiger partial charge in [0.05, 0.1) is 25.2 Å². The van der Waals surface area contributed by atoms with Crippen LogP contribution < -0.4 is 0 Å². The molecular formula is C44H82O5. The summed E-state index contributed by atoms with van der Waals surface area (Å²) in [7, 11) is 0. The number of unbranched alkanes of at least 4 members (excludes halogenated alkanes) is 30. The van der Waals surface area contributed by atoms with Gasteiger partial charge in [0.15, 0.2) is 0 Å². The first-order valence-electron chi connectivity index (χ1n) is 22.2. The standard InChI is InChI=1S/C44H82O5/c1-3-5-7-9-11-13-15-17-19-21-23-25-27-29-31-33-38-47-42(45)40-36-35-37-41-44(40,49-41)43(46)48-39-34-32-30-28-26-24-22-20-18-16-14-12-10-8-6-4-2/h40-41H,3-39H2,1-2H3. The largest absolute Gasteiger partial charge is 0.465 e. The SMILES string of the molecule is CCCCCCCCCCCCCCCCCCOC(=O)C1CCCC2OC21C(=O)OCCCCCCCCCCCCCCCCCC. The number of carbonyl (C=O) groups is 2. The lowest BCUT2D eigenvalue weighted by molar-refractivity contribution is -0.163. The van der Waals surface area contributed by atoms with Crippen LogP contribution in [-0.4, -0.2) is 36.9 Å². The molecule has 5 nitrogen and oxygen atoms in total. The maximum atomic E-state index is 13.1. The first kappa shape index (κ1) is 44.1. The van der Waals surface area contributed by atoms with Gasteiger partial charge in [-0.15, -0.1) is 0 Å². The third-order valence-electron chi connectivity index (χ3n) is 11.3. The van der Waals surface area contributed by atoms with Crippen LogP contribution >= 0.6 is 0 Å². The smallest absolute Gasteiger partial charge is 0.342 e. The van der Waals surface area contributed by atoms with Gasteiger partial charge in [0.1, 0.15) is 0 Å². The zero-order chi connectivity index (χ0) is 35.1. The molecule has 0 N–H and O–H groups in total. The Hall–Kier alpha value is -1.10. The van der Waals surface area contributed by atoms with Gasteiger partial charge < -0.3 is 14.2 Å². The van der Waals surface area contributed by atoms with Crippen molar-refractivity contribution in [2.75, 3.05) is 13.2 Å². The zero-order valence-corrected chi connectivity index (χ0v) is 32.9. The Morgan fingerprint density at radius 1 is 0.469 bits per heavy atom. The Kier molecular flexibility index (Phi) is 27.4. The molecule has 1 aliphatic heterocycles. The van der Waals surface area contributed by atoms with Crippen LogP contribution in [0.1, 0.15) is 239 Å². The maximum absolute atomic E-state index is 13.1. The Balaban J connectivity index is 1.40. The van der Waals surface area contributed by atoms with Gasteiger partial charge >= 0.3 is 11.9 Å². The fourth-order valence-corrected chi connectivity index (χ4v) is 7.97. The lowest BCUT2D eigenvalue weighted by Gasteiger charge is -2.25. The molecule has 2 rings (SSSR count). The van der Waals surface area contributed by atoms with E-state index in [1.165, 1.54) is 180 Å². The summed E-state index contributed by atoms with van der Waals surface area (Å²) >= 11 is 0. The average Bonchev–Trinajstić information content (AvgIpc) is 3.87. The first-order chi connectivity index (χ1) is 24.2. The summed E-state index contributed by atoms with van der Waals surface area (Å²) in [6, 6.07) is 0. The van der Waals surface area contributed by atoms with Crippen LogP contribution in [0.2, 0.25) is 0 Å². The molecule has 0 bridgehead atoms. The monoisotopic (exact) mass is 691 g/mol. The van der Waals surface area contributed by atoms with Gasteiger partial charge in [0.25, 0.3) is 0 Å². The number of rotatable bonds is 36. The van der Waals surface area contributed by atoms with Gasteiger partial charge in [-0.05, 0) is 32.1 Å². The van der Waals surface area contributed by atoms with Crippen LogP contribution in [0.4, 0.5) is 0 Å². The minimum absolute atomic E-state index is 0.173. The molecule has 2 fully saturated rings. The highest BCUT2D eigenvalue weighted by Gasteiger charge is 2.71. The van der Waals surface area contributed by atoms with Crippen molar-refractivity contribution in [3.8, 4) is 0 Å². The molecule has 1 saturated heterocycles. The highest BCUT2D eigenvalue weighted by Crippen LogP contribution is 2.52. The predicted molar refractivity (Wildman–Crippen MR) is 206 cm³/mol. The molecule has 49 heavy (non-hydrogen) atoms. The summed E-state index contributed by atoms with van der Waals surface area (Å²) in [5.41, 5.74) is -1.07. The van der Waals surface area contributed by atoms with Crippen LogP contribution in [0, 0.1) is 5.92 Å². The molecule has 5 heteroatoms. The topological polar surface area (TPSA) is 65.1 Å². The molecule has 288 valence electrons. The van der Waals surface area contributed by atoms with E-state index in [4.69, 9.17) is 14.2 Å². The van der Waals surface area contributed by atoms with E-state index >= 15 is 0 Å². The molecule has 3 unspecified atom stereocenters. The van der Waals surface area contributed by atoms with Crippen LogP contribution in [0.5, 0.6) is 0 Å². The van der Waals surface area contributed by atoms with E-state index in [-0.39, 0.29) is 18.0 Å². The van der Waals surface area contributed by atoms with Gasteiger partial charge in [0.2, 0.25) is 5.60 Å². The maximum Gasteiger partial charge on any atom is 0.342 e. The Bertz CT molecular complexity index is 783. The Morgan fingerprint density at radius 3 is 1.16 bits per heavy atom. The average molecular weight is 691 g/mol. The third kappa shape index (κ3) is 20.5. The van der Waals surface area contributed by atoms with E-state index in [1.807, 2.05) is 0 Å². The lowest BCUT2D eigenvalue weighted by Crippen LogP contribution is -2.44. The van der Waals surface area contributed by atoms with E-state index in [0.717, 1.165) is 38.5 Å². The number of hydrogen-bond donors (Lipinski definition) is 0. The number of carbonyl (C=O) groups excluding carboxylic acids is 2. The van der Waals surface area contributed by atoms with Crippen molar-refractivity contribution < 1.29 is 23.8 Å². The summed E-state index contributed by atoms with van der Waals surface area (Å²) in [5.74, 6) is -1.10. The van der Waals surface area contributed by atoms with Gasteiger partial charge in [-0.3, -0.25) is 4.79 Å². The summed E-state index contributed by atoms with van der Waals surface area (Å²) in [5, 5.41) is 0. The summed E-state index contributed by atoms with van der Waals surface area (Å²) in [6.45, 7) is 5.44. The molecular weight excluding hydrogens is 608 g/mol. The number of esters is 2. The molecule has 0 aromatic heterocycles. The number of epoxide rings is 1. The van der Waals surface area contributed by atoms with Crippen molar-refractivity contribution >= 4 is 11.9 Å².